The molecule has 2 aromatic rings. The Kier molecular flexibility index (Phi) is 5.27. The molecule has 0 spiro atoms. The number of nitrogens with zero attached hydrogens (tertiary/aromatic N) is 3. The number of carbonyl (C=O) groups excluding carboxylic acids is 1. The van der Waals surface area contributed by atoms with Gasteiger partial charge < -0.3 is 10.0 Å². The van der Waals surface area contributed by atoms with Crippen molar-refractivity contribution in [2.75, 3.05) is 11.4 Å². The molecular formula is C20H19N3O2S3. The number of para-hydroxylation sites is 1. The van der Waals surface area contributed by atoms with Crippen molar-refractivity contribution in [3.63, 3.8) is 0 Å². The molecule has 0 bridgehead atoms. The van der Waals surface area contributed by atoms with E-state index in [1.807, 2.05) is 31.2 Å². The summed E-state index contributed by atoms with van der Waals surface area (Å²) in [6, 6.07) is 8.11. The van der Waals surface area contributed by atoms with Gasteiger partial charge in [0.15, 0.2) is 3.95 Å². The molecule has 4 rings (SSSR count). The van der Waals surface area contributed by atoms with Gasteiger partial charge in [0, 0.05) is 18.8 Å². The first-order valence-corrected chi connectivity index (χ1v) is 11.1. The molecule has 0 saturated carbocycles. The van der Waals surface area contributed by atoms with E-state index in [1.165, 1.54) is 23.1 Å². The highest BCUT2D eigenvalue weighted by Gasteiger charge is 2.32. The third-order valence-corrected chi connectivity index (χ3v) is 7.25. The van der Waals surface area contributed by atoms with Crippen molar-refractivity contribution in [3.05, 3.63) is 55.3 Å². The van der Waals surface area contributed by atoms with Crippen molar-refractivity contribution in [2.45, 2.75) is 26.8 Å². The Labute approximate surface area is 176 Å². The third kappa shape index (κ3) is 3.15. The number of fused-ring (bicyclic) bond motifs is 1. The maximum Gasteiger partial charge on any atom is 0.287 e. The standard InChI is InChI=1S/C20H19N3O2S3/c1-3-11-23-19(25)16(28-20(23)26)18-21-17(24)15(27-18)14-10-9-12-7-5-6-8-13(12)22(14)4-2/h5-10,25H,3-4,11H2,1-2H3/b15-14+. The third-order valence-electron chi connectivity index (χ3n) is 4.59. The first-order chi connectivity index (χ1) is 13.5. The number of allylic oxidation sites excluding steroid dienone is 1. The molecule has 0 atom stereocenters. The summed E-state index contributed by atoms with van der Waals surface area (Å²) in [5.41, 5.74) is 3.04. The molecule has 28 heavy (non-hydrogen) atoms. The number of likely N-dealkylation sites (N-methyl/N-ethyl adjacent to an activating group) is 1. The van der Waals surface area contributed by atoms with E-state index in [9.17, 15) is 9.90 Å². The molecule has 0 aliphatic carbocycles. The number of aromatic hydroxyl groups is 1. The van der Waals surface area contributed by atoms with Gasteiger partial charge >= 0.3 is 0 Å². The highest BCUT2D eigenvalue weighted by atomic mass is 32.2. The quantitative estimate of drug-likeness (QED) is 0.536. The molecule has 1 aromatic carbocycles. The average Bonchev–Trinajstić information content (AvgIpc) is 3.21. The first kappa shape index (κ1) is 19.2. The van der Waals surface area contributed by atoms with Gasteiger partial charge in [0.2, 0.25) is 5.88 Å². The second-order valence-corrected chi connectivity index (χ2v) is 8.99. The number of thioether (sulfide) groups is 1. The molecule has 8 heteroatoms. The summed E-state index contributed by atoms with van der Waals surface area (Å²) in [7, 11) is 0. The molecule has 1 aromatic heterocycles. The number of rotatable bonds is 4. The minimum Gasteiger partial charge on any atom is -0.493 e. The summed E-state index contributed by atoms with van der Waals surface area (Å²) < 4.78 is 2.29. The van der Waals surface area contributed by atoms with Crippen LogP contribution in [-0.4, -0.2) is 27.2 Å². The first-order valence-electron chi connectivity index (χ1n) is 9.07. The zero-order valence-corrected chi connectivity index (χ0v) is 18.0. The maximum absolute atomic E-state index is 12.7. The Morgan fingerprint density at radius 2 is 2.00 bits per heavy atom. The van der Waals surface area contributed by atoms with Crippen LogP contribution in [0.3, 0.4) is 0 Å². The van der Waals surface area contributed by atoms with Crippen LogP contribution in [0.1, 0.15) is 30.7 Å². The van der Waals surface area contributed by atoms with E-state index in [-0.39, 0.29) is 11.8 Å². The van der Waals surface area contributed by atoms with Gasteiger partial charge in [-0.25, -0.2) is 0 Å². The van der Waals surface area contributed by atoms with Gasteiger partial charge in [-0.2, -0.15) is 4.99 Å². The van der Waals surface area contributed by atoms with Crippen LogP contribution in [-0.2, 0) is 11.3 Å². The Bertz CT molecular complexity index is 1110. The minimum absolute atomic E-state index is 0.0963. The smallest absolute Gasteiger partial charge is 0.287 e. The van der Waals surface area contributed by atoms with Crippen LogP contribution in [0, 0.1) is 3.95 Å². The van der Waals surface area contributed by atoms with Crippen LogP contribution < -0.4 is 4.90 Å². The summed E-state index contributed by atoms with van der Waals surface area (Å²) in [6.45, 7) is 5.47. The summed E-state index contributed by atoms with van der Waals surface area (Å²) in [6.07, 6.45) is 4.85. The fourth-order valence-electron chi connectivity index (χ4n) is 3.32. The second kappa shape index (κ2) is 7.69. The molecule has 144 valence electrons. The lowest BCUT2D eigenvalue weighted by molar-refractivity contribution is -0.113. The van der Waals surface area contributed by atoms with Crippen LogP contribution in [0.4, 0.5) is 5.69 Å². The molecule has 0 saturated heterocycles. The fraction of sp³-hybridized carbons (Fsp3) is 0.250. The number of hydrogen-bond donors (Lipinski definition) is 1. The van der Waals surface area contributed by atoms with E-state index < -0.39 is 0 Å². The largest absolute Gasteiger partial charge is 0.493 e. The van der Waals surface area contributed by atoms with Crippen molar-refractivity contribution < 1.29 is 9.90 Å². The van der Waals surface area contributed by atoms with Crippen molar-refractivity contribution in [3.8, 4) is 5.88 Å². The summed E-state index contributed by atoms with van der Waals surface area (Å²) in [5, 5.41) is 11.1. The normalized spacial score (nSPS) is 18.6. The van der Waals surface area contributed by atoms with E-state index in [2.05, 4.69) is 28.9 Å². The zero-order chi connectivity index (χ0) is 19.8. The average molecular weight is 430 g/mol. The van der Waals surface area contributed by atoms with E-state index in [0.29, 0.717) is 25.3 Å². The highest BCUT2D eigenvalue weighted by Crippen LogP contribution is 2.41. The topological polar surface area (TPSA) is 57.8 Å². The van der Waals surface area contributed by atoms with Gasteiger partial charge in [-0.15, -0.1) is 0 Å². The predicted octanol–water partition coefficient (Wildman–Crippen LogP) is 5.18. The van der Waals surface area contributed by atoms with Crippen LogP contribution in [0.15, 0.2) is 45.9 Å². The number of hydrogen-bond acceptors (Lipinski definition) is 6. The highest BCUT2D eigenvalue weighted by molar-refractivity contribution is 8.19. The van der Waals surface area contributed by atoms with E-state index in [0.717, 1.165) is 29.9 Å². The van der Waals surface area contributed by atoms with Gasteiger partial charge in [-0.1, -0.05) is 54.3 Å². The lowest BCUT2D eigenvalue weighted by Gasteiger charge is -2.30. The minimum atomic E-state index is -0.279. The summed E-state index contributed by atoms with van der Waals surface area (Å²) >= 11 is 7.97. The van der Waals surface area contributed by atoms with Crippen molar-refractivity contribution in [1.82, 2.24) is 4.57 Å². The number of anilines is 1. The van der Waals surface area contributed by atoms with Crippen molar-refractivity contribution in [2.24, 2.45) is 4.99 Å². The summed E-state index contributed by atoms with van der Waals surface area (Å²) in [5.74, 6) is -0.183. The fourth-order valence-corrected chi connectivity index (χ4v) is 5.72. The van der Waals surface area contributed by atoms with Gasteiger partial charge in [0.25, 0.3) is 5.91 Å². The van der Waals surface area contributed by atoms with Gasteiger partial charge in [-0.3, -0.25) is 9.36 Å². The molecule has 1 amide bonds. The Balaban J connectivity index is 1.73. The van der Waals surface area contributed by atoms with E-state index in [4.69, 9.17) is 12.2 Å². The molecule has 2 aliphatic heterocycles. The zero-order valence-electron chi connectivity index (χ0n) is 15.5. The molecular weight excluding hydrogens is 410 g/mol. The molecule has 3 heterocycles. The monoisotopic (exact) mass is 429 g/mol. The van der Waals surface area contributed by atoms with Crippen LogP contribution in [0.2, 0.25) is 0 Å². The SMILES string of the molecule is CCCn1c(O)c(C2=NC(=O)/C(=C3/C=Cc4ccccc4N3CC)S2)sc1=S. The van der Waals surface area contributed by atoms with Crippen molar-refractivity contribution >= 4 is 58.0 Å². The number of aromatic nitrogens is 1. The number of carbonyl (C=O) groups is 1. The lowest BCUT2D eigenvalue weighted by Crippen LogP contribution is -2.25. The van der Waals surface area contributed by atoms with Gasteiger partial charge in [0.1, 0.15) is 14.8 Å². The number of aliphatic imine (C=N–C) groups is 1. The number of thiazole rings is 1. The van der Waals surface area contributed by atoms with Gasteiger partial charge in [-0.05, 0) is 43.3 Å². The molecule has 0 unspecified atom stereocenters. The Hall–Kier alpha value is -2.16. The molecule has 1 N–H and O–H groups in total. The van der Waals surface area contributed by atoms with Crippen LogP contribution >= 0.6 is 35.3 Å². The Morgan fingerprint density at radius 3 is 2.75 bits per heavy atom. The number of benzene rings is 1. The number of amides is 1. The maximum atomic E-state index is 12.7. The Morgan fingerprint density at radius 1 is 1.21 bits per heavy atom. The van der Waals surface area contributed by atoms with Crippen LogP contribution in [0.25, 0.3) is 6.08 Å². The molecule has 5 nitrogen and oxygen atoms in total. The predicted molar refractivity (Wildman–Crippen MR) is 120 cm³/mol. The van der Waals surface area contributed by atoms with Crippen molar-refractivity contribution in [1.29, 1.82) is 0 Å². The molecule has 0 fully saturated rings. The molecule has 0 radical (unpaired) electrons. The summed E-state index contributed by atoms with van der Waals surface area (Å²) in [4.78, 5) is 20.2. The van der Waals surface area contributed by atoms with Crippen LogP contribution in [0.5, 0.6) is 5.88 Å². The van der Waals surface area contributed by atoms with E-state index >= 15 is 0 Å². The lowest BCUT2D eigenvalue weighted by atomic mass is 10.1. The second-order valence-electron chi connectivity index (χ2n) is 6.35. The van der Waals surface area contributed by atoms with Gasteiger partial charge in [0.05, 0.1) is 5.70 Å². The van der Waals surface area contributed by atoms with E-state index in [1.54, 1.807) is 4.57 Å². The molecule has 2 aliphatic rings.